The quantitative estimate of drug-likeness (QED) is 0.868. The Kier molecular flexibility index (Phi) is 5.35. The highest BCUT2D eigenvalue weighted by Gasteiger charge is 2.23. The fourth-order valence-corrected chi connectivity index (χ4v) is 3.51. The van der Waals surface area contributed by atoms with E-state index in [1.807, 2.05) is 0 Å². The largest absolute Gasteiger partial charge is 0.478 e. The molecule has 1 heterocycles. The third-order valence-electron chi connectivity index (χ3n) is 4.87. The normalized spacial score (nSPS) is 14.2. The van der Waals surface area contributed by atoms with Crippen molar-refractivity contribution in [3.63, 3.8) is 0 Å². The smallest absolute Gasteiger partial charge is 0.337 e. The molecule has 2 aromatic rings. The average molecular weight is 367 g/mol. The fraction of sp³-hybridized carbons (Fsp3) is 0.333. The van der Waals surface area contributed by atoms with Crippen LogP contribution in [-0.4, -0.2) is 43.2 Å². The van der Waals surface area contributed by atoms with Crippen molar-refractivity contribution >= 4 is 28.9 Å². The van der Waals surface area contributed by atoms with Gasteiger partial charge in [0.2, 0.25) is 5.91 Å². The third-order valence-corrected chi connectivity index (χ3v) is 4.87. The SMILES string of the molecule is CC(=O)Nc1ccc(N2CCN(c3cc(C)ccc3C)CC2)c(C(=O)O)c1. The number of carboxylic acid groups (broad SMARTS) is 1. The Labute approximate surface area is 159 Å². The van der Waals surface area contributed by atoms with E-state index in [0.717, 1.165) is 26.2 Å². The predicted molar refractivity (Wildman–Crippen MR) is 108 cm³/mol. The Morgan fingerprint density at radius 1 is 0.926 bits per heavy atom. The van der Waals surface area contributed by atoms with Gasteiger partial charge in [-0.2, -0.15) is 0 Å². The average Bonchev–Trinajstić information content (AvgIpc) is 2.63. The summed E-state index contributed by atoms with van der Waals surface area (Å²) in [7, 11) is 0. The molecule has 142 valence electrons. The molecule has 0 radical (unpaired) electrons. The van der Waals surface area contributed by atoms with Crippen LogP contribution in [0, 0.1) is 13.8 Å². The lowest BCUT2D eigenvalue weighted by Gasteiger charge is -2.38. The van der Waals surface area contributed by atoms with Gasteiger partial charge in [-0.05, 0) is 49.2 Å². The number of benzene rings is 2. The van der Waals surface area contributed by atoms with Crippen LogP contribution >= 0.6 is 0 Å². The van der Waals surface area contributed by atoms with Crippen molar-refractivity contribution in [1.82, 2.24) is 0 Å². The van der Waals surface area contributed by atoms with E-state index in [1.54, 1.807) is 12.1 Å². The highest BCUT2D eigenvalue weighted by molar-refractivity contribution is 5.97. The summed E-state index contributed by atoms with van der Waals surface area (Å²) < 4.78 is 0. The van der Waals surface area contributed by atoms with Crippen LogP contribution in [0.3, 0.4) is 0 Å². The van der Waals surface area contributed by atoms with Gasteiger partial charge in [-0.3, -0.25) is 4.79 Å². The molecule has 0 bridgehead atoms. The van der Waals surface area contributed by atoms with Crippen molar-refractivity contribution in [2.45, 2.75) is 20.8 Å². The number of piperazine rings is 1. The van der Waals surface area contributed by atoms with Gasteiger partial charge in [0, 0.05) is 44.5 Å². The first kappa shape index (κ1) is 18.8. The van der Waals surface area contributed by atoms with Crippen LogP contribution in [0.5, 0.6) is 0 Å². The molecule has 1 saturated heterocycles. The molecule has 6 heteroatoms. The van der Waals surface area contributed by atoms with Crippen molar-refractivity contribution < 1.29 is 14.7 Å². The zero-order valence-corrected chi connectivity index (χ0v) is 16.0. The number of nitrogens with zero attached hydrogens (tertiary/aromatic N) is 2. The molecule has 1 amide bonds. The lowest BCUT2D eigenvalue weighted by molar-refractivity contribution is -0.114. The monoisotopic (exact) mass is 367 g/mol. The van der Waals surface area contributed by atoms with Crippen LogP contribution in [0.25, 0.3) is 0 Å². The van der Waals surface area contributed by atoms with Crippen molar-refractivity contribution in [3.05, 3.63) is 53.1 Å². The number of aromatic carboxylic acids is 1. The Hall–Kier alpha value is -3.02. The summed E-state index contributed by atoms with van der Waals surface area (Å²) in [4.78, 5) is 27.4. The van der Waals surface area contributed by atoms with Gasteiger partial charge in [0.15, 0.2) is 0 Å². The van der Waals surface area contributed by atoms with E-state index < -0.39 is 5.97 Å². The summed E-state index contributed by atoms with van der Waals surface area (Å²) in [6, 6.07) is 11.5. The summed E-state index contributed by atoms with van der Waals surface area (Å²) in [5.74, 6) is -1.21. The van der Waals surface area contributed by atoms with E-state index in [-0.39, 0.29) is 11.5 Å². The molecule has 0 spiro atoms. The highest BCUT2D eigenvalue weighted by Crippen LogP contribution is 2.28. The molecule has 1 fully saturated rings. The second kappa shape index (κ2) is 7.70. The van der Waals surface area contributed by atoms with E-state index in [1.165, 1.54) is 29.8 Å². The number of carboxylic acids is 1. The lowest BCUT2D eigenvalue weighted by Crippen LogP contribution is -2.47. The van der Waals surface area contributed by atoms with Crippen LogP contribution in [0.2, 0.25) is 0 Å². The van der Waals surface area contributed by atoms with Gasteiger partial charge < -0.3 is 20.2 Å². The molecular weight excluding hydrogens is 342 g/mol. The second-order valence-corrected chi connectivity index (χ2v) is 6.98. The number of aryl methyl sites for hydroxylation is 2. The summed E-state index contributed by atoms with van der Waals surface area (Å²) in [5, 5.41) is 12.2. The number of carbonyl (C=O) groups excluding carboxylic acids is 1. The van der Waals surface area contributed by atoms with Gasteiger partial charge in [0.25, 0.3) is 0 Å². The zero-order chi connectivity index (χ0) is 19.6. The minimum Gasteiger partial charge on any atom is -0.478 e. The van der Waals surface area contributed by atoms with Crippen molar-refractivity contribution in [2.75, 3.05) is 41.3 Å². The van der Waals surface area contributed by atoms with Crippen LogP contribution in [-0.2, 0) is 4.79 Å². The molecule has 0 atom stereocenters. The molecule has 1 aliphatic heterocycles. The van der Waals surface area contributed by atoms with Crippen LogP contribution in [0.15, 0.2) is 36.4 Å². The Bertz CT molecular complexity index is 871. The molecule has 2 N–H and O–H groups in total. The van der Waals surface area contributed by atoms with Gasteiger partial charge in [-0.15, -0.1) is 0 Å². The molecular formula is C21H25N3O3. The van der Waals surface area contributed by atoms with Gasteiger partial charge in [0.05, 0.1) is 11.3 Å². The molecule has 6 nitrogen and oxygen atoms in total. The lowest BCUT2D eigenvalue weighted by atomic mass is 10.1. The van der Waals surface area contributed by atoms with Gasteiger partial charge >= 0.3 is 5.97 Å². The van der Waals surface area contributed by atoms with Crippen LogP contribution in [0.1, 0.15) is 28.4 Å². The minimum absolute atomic E-state index is 0.210. The van der Waals surface area contributed by atoms with E-state index in [2.05, 4.69) is 47.2 Å². The van der Waals surface area contributed by atoms with Gasteiger partial charge in [-0.25, -0.2) is 4.79 Å². The second-order valence-electron chi connectivity index (χ2n) is 6.98. The summed E-state index contributed by atoms with van der Waals surface area (Å²) in [6.45, 7) is 8.76. The fourth-order valence-electron chi connectivity index (χ4n) is 3.51. The number of anilines is 3. The molecule has 0 unspecified atom stereocenters. The molecule has 0 aromatic heterocycles. The summed E-state index contributed by atoms with van der Waals surface area (Å²) in [6.07, 6.45) is 0. The van der Waals surface area contributed by atoms with Crippen LogP contribution < -0.4 is 15.1 Å². The predicted octanol–water partition coefficient (Wildman–Crippen LogP) is 3.29. The Balaban J connectivity index is 1.78. The number of hydrogen-bond acceptors (Lipinski definition) is 4. The number of carbonyl (C=O) groups is 2. The molecule has 1 aliphatic rings. The zero-order valence-electron chi connectivity index (χ0n) is 16.0. The van der Waals surface area contributed by atoms with Crippen molar-refractivity contribution in [2.24, 2.45) is 0 Å². The Morgan fingerprint density at radius 3 is 2.15 bits per heavy atom. The van der Waals surface area contributed by atoms with Gasteiger partial charge in [0.1, 0.15) is 0 Å². The van der Waals surface area contributed by atoms with Gasteiger partial charge in [-0.1, -0.05) is 12.1 Å². The first-order valence-corrected chi connectivity index (χ1v) is 9.07. The van der Waals surface area contributed by atoms with Crippen molar-refractivity contribution in [1.29, 1.82) is 0 Å². The van der Waals surface area contributed by atoms with Crippen LogP contribution in [0.4, 0.5) is 17.1 Å². The standard InChI is InChI=1S/C21H25N3O3/c1-14-4-5-15(2)20(12-14)24-10-8-23(9-11-24)19-7-6-17(22-16(3)25)13-18(19)21(26)27/h4-7,12-13H,8-11H2,1-3H3,(H,22,25)(H,26,27). The van der Waals surface area contributed by atoms with Crippen molar-refractivity contribution in [3.8, 4) is 0 Å². The minimum atomic E-state index is -0.992. The molecule has 0 aliphatic carbocycles. The number of hydrogen-bond donors (Lipinski definition) is 2. The number of amides is 1. The maximum Gasteiger partial charge on any atom is 0.337 e. The van der Waals surface area contributed by atoms with E-state index in [9.17, 15) is 14.7 Å². The Morgan fingerprint density at radius 2 is 1.56 bits per heavy atom. The first-order valence-electron chi connectivity index (χ1n) is 9.07. The first-order chi connectivity index (χ1) is 12.8. The maximum absolute atomic E-state index is 11.7. The summed E-state index contributed by atoms with van der Waals surface area (Å²) >= 11 is 0. The highest BCUT2D eigenvalue weighted by atomic mass is 16.4. The third kappa shape index (κ3) is 4.22. The molecule has 27 heavy (non-hydrogen) atoms. The number of nitrogens with one attached hydrogen (secondary N) is 1. The number of rotatable bonds is 4. The molecule has 2 aromatic carbocycles. The van der Waals surface area contributed by atoms with E-state index in [4.69, 9.17) is 0 Å². The maximum atomic E-state index is 11.7. The van der Waals surface area contributed by atoms with E-state index >= 15 is 0 Å². The summed E-state index contributed by atoms with van der Waals surface area (Å²) in [5.41, 5.74) is 5.13. The molecule has 3 rings (SSSR count). The topological polar surface area (TPSA) is 72.9 Å². The van der Waals surface area contributed by atoms with E-state index in [0.29, 0.717) is 11.4 Å². The molecule has 0 saturated carbocycles.